The van der Waals surface area contributed by atoms with E-state index in [2.05, 4.69) is 5.32 Å². The average Bonchev–Trinajstić information content (AvgIpc) is 2.42. The summed E-state index contributed by atoms with van der Waals surface area (Å²) in [6, 6.07) is 4.47. The van der Waals surface area contributed by atoms with Crippen LogP contribution < -0.4 is 5.32 Å². The van der Waals surface area contributed by atoms with Crippen LogP contribution in [0.3, 0.4) is 0 Å². The number of phenolic OH excluding ortho intramolecular Hbond substituents is 1. The van der Waals surface area contributed by atoms with Gasteiger partial charge in [-0.3, -0.25) is 4.79 Å². The number of esters is 1. The zero-order valence-electron chi connectivity index (χ0n) is 12.7. The van der Waals surface area contributed by atoms with Crippen molar-refractivity contribution in [1.29, 1.82) is 0 Å². The van der Waals surface area contributed by atoms with Crippen LogP contribution in [0.2, 0.25) is 0 Å². The summed E-state index contributed by atoms with van der Waals surface area (Å²) in [5.74, 6) is -1.60. The maximum atomic E-state index is 12.2. The molecule has 0 aromatic heterocycles. The minimum atomic E-state index is -1.64. The summed E-state index contributed by atoms with van der Waals surface area (Å²) >= 11 is 0. The van der Waals surface area contributed by atoms with Crippen LogP contribution in [-0.4, -0.2) is 45.5 Å². The fraction of sp³-hybridized carbons (Fsp3) is 0.467. The van der Waals surface area contributed by atoms with E-state index in [-0.39, 0.29) is 5.75 Å². The highest BCUT2D eigenvalue weighted by Gasteiger charge is 2.29. The number of carbonyl (C=O) groups is 2. The maximum Gasteiger partial charge on any atom is 0.333 e. The van der Waals surface area contributed by atoms with Crippen LogP contribution >= 0.6 is 0 Å². The number of nitrogens with one attached hydrogen (secondary N) is 1. The van der Waals surface area contributed by atoms with Crippen molar-refractivity contribution < 1.29 is 29.6 Å². The molecule has 4 N–H and O–H groups in total. The molecule has 0 aliphatic heterocycles. The molecular weight excluding hydrogens is 290 g/mol. The van der Waals surface area contributed by atoms with E-state index in [1.165, 1.54) is 24.3 Å². The van der Waals surface area contributed by atoms with Gasteiger partial charge >= 0.3 is 5.97 Å². The van der Waals surface area contributed by atoms with Gasteiger partial charge in [-0.1, -0.05) is 12.1 Å². The molecule has 2 atom stereocenters. The van der Waals surface area contributed by atoms with E-state index in [0.29, 0.717) is 5.56 Å². The molecule has 7 heteroatoms. The Kier molecular flexibility index (Phi) is 5.90. The molecule has 0 bridgehead atoms. The van der Waals surface area contributed by atoms with Crippen LogP contribution in [-0.2, 0) is 14.3 Å². The monoisotopic (exact) mass is 311 g/mol. The van der Waals surface area contributed by atoms with Gasteiger partial charge in [0.15, 0.2) is 12.1 Å². The number of carbonyl (C=O) groups excluding carboxylic acids is 2. The van der Waals surface area contributed by atoms with E-state index in [9.17, 15) is 19.8 Å². The Morgan fingerprint density at radius 3 is 2.23 bits per heavy atom. The summed E-state index contributed by atoms with van der Waals surface area (Å²) in [5.41, 5.74) is -0.377. The van der Waals surface area contributed by atoms with Crippen LogP contribution in [0.15, 0.2) is 24.3 Å². The lowest BCUT2D eigenvalue weighted by Gasteiger charge is -2.25. The molecule has 7 nitrogen and oxygen atoms in total. The summed E-state index contributed by atoms with van der Waals surface area (Å²) in [5, 5.41) is 29.7. The van der Waals surface area contributed by atoms with Crippen molar-refractivity contribution in [3.8, 4) is 5.75 Å². The number of benzene rings is 1. The molecule has 22 heavy (non-hydrogen) atoms. The number of aromatic hydroxyl groups is 1. The molecule has 1 aromatic rings. The molecular formula is C15H21NO6. The van der Waals surface area contributed by atoms with Gasteiger partial charge in [0.2, 0.25) is 0 Å². The highest BCUT2D eigenvalue weighted by Crippen LogP contribution is 2.21. The van der Waals surface area contributed by atoms with Gasteiger partial charge in [0.1, 0.15) is 11.4 Å². The molecule has 0 fully saturated rings. The average molecular weight is 311 g/mol. The molecule has 0 radical (unpaired) electrons. The highest BCUT2D eigenvalue weighted by molar-refractivity contribution is 5.87. The largest absolute Gasteiger partial charge is 0.508 e. The number of rotatable bonds is 5. The van der Waals surface area contributed by atoms with E-state index in [1.807, 2.05) is 0 Å². The number of ether oxygens (including phenoxy) is 1. The molecule has 0 aliphatic rings. The lowest BCUT2D eigenvalue weighted by Crippen LogP contribution is -2.43. The van der Waals surface area contributed by atoms with Gasteiger partial charge in [0, 0.05) is 0 Å². The normalized spacial score (nSPS) is 14.0. The second-order valence-electron chi connectivity index (χ2n) is 5.76. The van der Waals surface area contributed by atoms with Crippen LogP contribution in [0.5, 0.6) is 5.75 Å². The number of amides is 1. The minimum Gasteiger partial charge on any atom is -0.508 e. The van der Waals surface area contributed by atoms with Gasteiger partial charge in [-0.25, -0.2) is 4.79 Å². The van der Waals surface area contributed by atoms with Crippen LogP contribution in [0.25, 0.3) is 0 Å². The fourth-order valence-corrected chi connectivity index (χ4v) is 1.63. The summed E-state index contributed by atoms with van der Waals surface area (Å²) in [6.07, 6.45) is -1.64. The van der Waals surface area contributed by atoms with E-state index in [4.69, 9.17) is 9.84 Å². The van der Waals surface area contributed by atoms with Crippen molar-refractivity contribution >= 4 is 11.9 Å². The number of hydrogen-bond donors (Lipinski definition) is 4. The first-order valence-corrected chi connectivity index (χ1v) is 6.75. The first-order chi connectivity index (χ1) is 10.1. The molecule has 1 rings (SSSR count). The van der Waals surface area contributed by atoms with Gasteiger partial charge in [-0.2, -0.15) is 0 Å². The Morgan fingerprint density at radius 2 is 1.77 bits per heavy atom. The zero-order valence-corrected chi connectivity index (χ0v) is 12.7. The van der Waals surface area contributed by atoms with Crippen LogP contribution in [0, 0.1) is 0 Å². The molecule has 1 amide bonds. The first kappa shape index (κ1) is 17.9. The number of phenols is 1. The Balaban J connectivity index is 3.02. The number of aliphatic hydroxyl groups is 2. The van der Waals surface area contributed by atoms with Crippen molar-refractivity contribution in [3.63, 3.8) is 0 Å². The quantitative estimate of drug-likeness (QED) is 0.579. The molecule has 0 saturated heterocycles. The third-order valence-electron chi connectivity index (χ3n) is 2.63. The van der Waals surface area contributed by atoms with E-state index in [0.717, 1.165) is 0 Å². The predicted octanol–water partition coefficient (Wildman–Crippen LogP) is 0.244. The number of aliphatic hydroxyl groups excluding tert-OH is 2. The lowest BCUT2D eigenvalue weighted by atomic mass is 10.1. The van der Waals surface area contributed by atoms with E-state index < -0.39 is 36.2 Å². The Bertz CT molecular complexity index is 520. The van der Waals surface area contributed by atoms with Crippen LogP contribution in [0.1, 0.15) is 32.4 Å². The van der Waals surface area contributed by atoms with Gasteiger partial charge in [-0.15, -0.1) is 0 Å². The number of hydrogen-bond acceptors (Lipinski definition) is 6. The molecule has 0 aliphatic carbocycles. The summed E-state index contributed by atoms with van der Waals surface area (Å²) in [6.45, 7) is 4.29. The van der Waals surface area contributed by atoms with Crippen molar-refractivity contribution in [2.24, 2.45) is 0 Å². The summed E-state index contributed by atoms with van der Waals surface area (Å²) in [7, 11) is 0. The van der Waals surface area contributed by atoms with Gasteiger partial charge in [-0.05, 0) is 38.5 Å². The standard InChI is InChI=1S/C15H21NO6/c1-15(2,3)22-14(21)12(16-13(20)11(19)8-17)9-4-6-10(18)7-5-9/h4-7,11-12,17-19H,8H2,1-3H3,(H,16,20). The third kappa shape index (κ3) is 5.34. The minimum absolute atomic E-state index is 0.00779. The van der Waals surface area contributed by atoms with E-state index in [1.54, 1.807) is 20.8 Å². The topological polar surface area (TPSA) is 116 Å². The lowest BCUT2D eigenvalue weighted by molar-refractivity contribution is -0.159. The Labute approximate surface area is 128 Å². The maximum absolute atomic E-state index is 12.2. The van der Waals surface area contributed by atoms with Crippen LogP contribution in [0.4, 0.5) is 0 Å². The smallest absolute Gasteiger partial charge is 0.333 e. The third-order valence-corrected chi connectivity index (χ3v) is 2.63. The summed E-state index contributed by atoms with van der Waals surface area (Å²) < 4.78 is 5.24. The van der Waals surface area contributed by atoms with E-state index >= 15 is 0 Å². The Hall–Kier alpha value is -2.12. The SMILES string of the molecule is CC(C)(C)OC(=O)C(NC(=O)C(O)CO)c1ccc(O)cc1. The van der Waals surface area contributed by atoms with Crippen molar-refractivity contribution in [2.45, 2.75) is 38.5 Å². The van der Waals surface area contributed by atoms with Crippen molar-refractivity contribution in [1.82, 2.24) is 5.32 Å². The highest BCUT2D eigenvalue weighted by atomic mass is 16.6. The van der Waals surface area contributed by atoms with Crippen molar-refractivity contribution in [2.75, 3.05) is 6.61 Å². The van der Waals surface area contributed by atoms with Gasteiger partial charge in [0.25, 0.3) is 5.91 Å². The molecule has 0 saturated carbocycles. The predicted molar refractivity (Wildman–Crippen MR) is 77.9 cm³/mol. The van der Waals surface area contributed by atoms with Crippen molar-refractivity contribution in [3.05, 3.63) is 29.8 Å². The fourth-order valence-electron chi connectivity index (χ4n) is 1.63. The molecule has 1 aromatic carbocycles. The molecule has 122 valence electrons. The molecule has 0 spiro atoms. The van der Waals surface area contributed by atoms with Gasteiger partial charge < -0.3 is 25.4 Å². The molecule has 2 unspecified atom stereocenters. The Morgan fingerprint density at radius 1 is 1.23 bits per heavy atom. The second kappa shape index (κ2) is 7.24. The first-order valence-electron chi connectivity index (χ1n) is 6.75. The summed E-state index contributed by atoms with van der Waals surface area (Å²) in [4.78, 5) is 24.0. The zero-order chi connectivity index (χ0) is 16.9. The second-order valence-corrected chi connectivity index (χ2v) is 5.76. The molecule has 0 heterocycles. The van der Waals surface area contributed by atoms with Gasteiger partial charge in [0.05, 0.1) is 6.61 Å².